The van der Waals surface area contributed by atoms with E-state index >= 15 is 0 Å². The normalized spacial score (nSPS) is 15.1. The topological polar surface area (TPSA) is 84.6 Å². The molecule has 1 aliphatic rings. The van der Waals surface area contributed by atoms with Crippen LogP contribution in [0.25, 0.3) is 10.9 Å². The summed E-state index contributed by atoms with van der Waals surface area (Å²) in [6.07, 6.45) is -1.67. The predicted molar refractivity (Wildman–Crippen MR) is 132 cm³/mol. The van der Waals surface area contributed by atoms with E-state index in [1.54, 1.807) is 42.0 Å². The maximum atomic E-state index is 13.6. The number of hydrogen-bond acceptors (Lipinski definition) is 6. The Morgan fingerprint density at radius 2 is 1.97 bits per heavy atom. The number of nitrogens with zero attached hydrogens (tertiary/aromatic N) is 5. The highest BCUT2D eigenvalue weighted by atomic mass is 19.4. The average molecular weight is 526 g/mol. The number of carbonyl (C=O) groups is 1. The van der Waals surface area contributed by atoms with Gasteiger partial charge in [-0.3, -0.25) is 9.69 Å². The van der Waals surface area contributed by atoms with Gasteiger partial charge < -0.3 is 14.6 Å². The largest absolute Gasteiger partial charge is 0.439 e. The fraction of sp³-hybridized carbons (Fsp3) is 0.231. The number of carbonyl (C=O) groups excluding carboxylic acids is 1. The Hall–Kier alpha value is -4.32. The Morgan fingerprint density at radius 1 is 1.13 bits per heavy atom. The van der Waals surface area contributed by atoms with Crippen LogP contribution in [0.2, 0.25) is 0 Å². The van der Waals surface area contributed by atoms with E-state index in [2.05, 4.69) is 20.3 Å². The van der Waals surface area contributed by atoms with Crippen molar-refractivity contribution in [1.82, 2.24) is 24.8 Å². The summed E-state index contributed by atoms with van der Waals surface area (Å²) in [7, 11) is 0. The molecule has 4 aromatic rings. The molecule has 0 saturated carbocycles. The van der Waals surface area contributed by atoms with E-state index in [0.717, 1.165) is 29.2 Å². The maximum Gasteiger partial charge on any atom is 0.419 e. The van der Waals surface area contributed by atoms with Crippen molar-refractivity contribution in [1.29, 1.82) is 0 Å². The van der Waals surface area contributed by atoms with Crippen molar-refractivity contribution in [2.75, 3.05) is 19.6 Å². The van der Waals surface area contributed by atoms with Gasteiger partial charge in [0.05, 0.1) is 29.0 Å². The van der Waals surface area contributed by atoms with Crippen molar-refractivity contribution in [3.05, 3.63) is 78.1 Å². The molecule has 2 aromatic carbocycles. The van der Waals surface area contributed by atoms with Crippen LogP contribution in [-0.4, -0.2) is 50.8 Å². The zero-order valence-electron chi connectivity index (χ0n) is 20.2. The highest BCUT2D eigenvalue weighted by Gasteiger charge is 2.34. The molecule has 0 radical (unpaired) electrons. The second-order valence-corrected chi connectivity index (χ2v) is 8.74. The third kappa shape index (κ3) is 5.65. The highest BCUT2D eigenvalue weighted by molar-refractivity contribution is 5.95. The number of amides is 1. The van der Waals surface area contributed by atoms with E-state index in [9.17, 15) is 22.4 Å². The summed E-state index contributed by atoms with van der Waals surface area (Å²) < 4.78 is 60.4. The molecule has 0 spiro atoms. The maximum absolute atomic E-state index is 13.6. The molecule has 1 amide bonds. The van der Waals surface area contributed by atoms with Gasteiger partial charge in [0.1, 0.15) is 23.7 Å². The highest BCUT2D eigenvalue weighted by Crippen LogP contribution is 2.34. The SMILES string of the molecule is CC(=Nc1ccc(F)c(C(F)(F)F)c1)n1ccc2cc(Oc3cc(CN4CCNC(=O)C4)ncn3)ccc21. The third-order valence-electron chi connectivity index (χ3n) is 5.98. The van der Waals surface area contributed by atoms with Crippen LogP contribution in [0.1, 0.15) is 18.2 Å². The van der Waals surface area contributed by atoms with Gasteiger partial charge in [0.2, 0.25) is 11.8 Å². The van der Waals surface area contributed by atoms with Crippen LogP contribution in [0, 0.1) is 5.82 Å². The molecule has 12 heteroatoms. The van der Waals surface area contributed by atoms with Gasteiger partial charge >= 0.3 is 6.18 Å². The molecule has 1 N–H and O–H groups in total. The Bertz CT molecular complexity index is 1530. The van der Waals surface area contributed by atoms with E-state index in [1.807, 2.05) is 11.0 Å². The Kier molecular flexibility index (Phi) is 6.81. The lowest BCUT2D eigenvalue weighted by Gasteiger charge is -2.25. The van der Waals surface area contributed by atoms with E-state index in [4.69, 9.17) is 4.74 Å². The van der Waals surface area contributed by atoms with Crippen molar-refractivity contribution < 1.29 is 27.1 Å². The van der Waals surface area contributed by atoms with E-state index in [1.165, 1.54) is 12.4 Å². The molecule has 1 fully saturated rings. The average Bonchev–Trinajstić information content (AvgIpc) is 3.28. The van der Waals surface area contributed by atoms with E-state index in [-0.39, 0.29) is 11.6 Å². The lowest BCUT2D eigenvalue weighted by molar-refractivity contribution is -0.140. The number of fused-ring (bicyclic) bond motifs is 1. The Labute approximate surface area is 214 Å². The molecule has 2 aromatic heterocycles. The first-order valence-corrected chi connectivity index (χ1v) is 11.7. The number of halogens is 4. The number of rotatable bonds is 5. The summed E-state index contributed by atoms with van der Waals surface area (Å²) in [4.78, 5) is 26.3. The van der Waals surface area contributed by atoms with Gasteiger partial charge in [-0.05, 0) is 49.4 Å². The number of ether oxygens (including phenoxy) is 1. The van der Waals surface area contributed by atoms with Gasteiger partial charge in [-0.1, -0.05) is 0 Å². The Morgan fingerprint density at radius 3 is 2.76 bits per heavy atom. The minimum Gasteiger partial charge on any atom is -0.439 e. The predicted octanol–water partition coefficient (Wildman–Crippen LogP) is 4.91. The van der Waals surface area contributed by atoms with Crippen molar-refractivity contribution in [3.8, 4) is 11.6 Å². The summed E-state index contributed by atoms with van der Waals surface area (Å²) in [6, 6.07) is 11.5. The van der Waals surface area contributed by atoms with Gasteiger partial charge in [-0.2, -0.15) is 13.2 Å². The molecule has 0 unspecified atom stereocenters. The molecular formula is C26H22F4N6O2. The molecule has 8 nitrogen and oxygen atoms in total. The smallest absolute Gasteiger partial charge is 0.419 e. The number of piperazine rings is 1. The quantitative estimate of drug-likeness (QED) is 0.227. The fourth-order valence-corrected chi connectivity index (χ4v) is 4.20. The second kappa shape index (κ2) is 10.2. The summed E-state index contributed by atoms with van der Waals surface area (Å²) >= 11 is 0. The lowest BCUT2D eigenvalue weighted by Crippen LogP contribution is -2.47. The fourth-order valence-electron chi connectivity index (χ4n) is 4.20. The molecule has 5 rings (SSSR count). The van der Waals surface area contributed by atoms with Crippen molar-refractivity contribution >= 4 is 28.3 Å². The minimum atomic E-state index is -4.81. The van der Waals surface area contributed by atoms with Gasteiger partial charge in [0.25, 0.3) is 0 Å². The van der Waals surface area contributed by atoms with Crippen LogP contribution >= 0.6 is 0 Å². The molecule has 1 aliphatic heterocycles. The lowest BCUT2D eigenvalue weighted by atomic mass is 10.2. The summed E-state index contributed by atoms with van der Waals surface area (Å²) in [5.74, 6) is -0.0843. The van der Waals surface area contributed by atoms with Crippen molar-refractivity contribution in [2.24, 2.45) is 4.99 Å². The number of nitrogens with one attached hydrogen (secondary N) is 1. The van der Waals surface area contributed by atoms with Gasteiger partial charge in [-0.15, -0.1) is 0 Å². The zero-order valence-corrected chi connectivity index (χ0v) is 20.2. The second-order valence-electron chi connectivity index (χ2n) is 8.74. The summed E-state index contributed by atoms with van der Waals surface area (Å²) in [5, 5.41) is 3.59. The van der Waals surface area contributed by atoms with Crippen LogP contribution in [0.3, 0.4) is 0 Å². The summed E-state index contributed by atoms with van der Waals surface area (Å²) in [5.41, 5.74) is 0.101. The molecule has 0 aliphatic carbocycles. The molecular weight excluding hydrogens is 504 g/mol. The first-order chi connectivity index (χ1) is 18.2. The van der Waals surface area contributed by atoms with Gasteiger partial charge in [0, 0.05) is 37.3 Å². The Balaban J connectivity index is 1.33. The minimum absolute atomic E-state index is 0.0113. The molecule has 3 heterocycles. The standard InChI is InChI=1S/C26H22F4N6O2/c1-16(34-18-2-4-22(27)21(11-18)26(28,29)30)36-8-6-17-10-20(3-5-23(17)36)38-25-12-19(32-15-33-25)13-35-9-7-31-24(37)14-35/h2-6,8,10-12,15H,7,9,13-14H2,1H3,(H,31,37). The van der Waals surface area contributed by atoms with Crippen LogP contribution in [-0.2, 0) is 17.5 Å². The molecule has 38 heavy (non-hydrogen) atoms. The number of aliphatic imine (C=N–C) groups is 1. The zero-order chi connectivity index (χ0) is 26.9. The monoisotopic (exact) mass is 526 g/mol. The van der Waals surface area contributed by atoms with Crippen LogP contribution in [0.5, 0.6) is 11.6 Å². The van der Waals surface area contributed by atoms with Crippen LogP contribution < -0.4 is 10.1 Å². The van der Waals surface area contributed by atoms with E-state index < -0.39 is 17.6 Å². The molecule has 0 atom stereocenters. The van der Waals surface area contributed by atoms with E-state index in [0.29, 0.717) is 43.2 Å². The molecule has 1 saturated heterocycles. The number of alkyl halides is 3. The first kappa shape index (κ1) is 25.3. The van der Waals surface area contributed by atoms with Crippen LogP contribution in [0.4, 0.5) is 23.2 Å². The molecule has 0 bridgehead atoms. The number of benzene rings is 2. The van der Waals surface area contributed by atoms with Crippen molar-refractivity contribution in [2.45, 2.75) is 19.6 Å². The summed E-state index contributed by atoms with van der Waals surface area (Å²) in [6.45, 7) is 3.77. The third-order valence-corrected chi connectivity index (χ3v) is 5.98. The van der Waals surface area contributed by atoms with Gasteiger partial charge in [0.15, 0.2) is 0 Å². The first-order valence-electron chi connectivity index (χ1n) is 11.7. The van der Waals surface area contributed by atoms with Crippen LogP contribution in [0.15, 0.2) is 66.0 Å². The number of aromatic nitrogens is 3. The molecule has 196 valence electrons. The van der Waals surface area contributed by atoms with Gasteiger partial charge in [-0.25, -0.2) is 19.4 Å². The number of hydrogen-bond donors (Lipinski definition) is 1. The van der Waals surface area contributed by atoms with Crippen molar-refractivity contribution in [3.63, 3.8) is 0 Å².